The monoisotopic (exact) mass is 334 g/mol. The molecule has 0 saturated carbocycles. The number of pyridine rings is 1. The Morgan fingerprint density at radius 2 is 2.26 bits per heavy atom. The minimum Gasteiger partial charge on any atom is -0.345 e. The van der Waals surface area contributed by atoms with Gasteiger partial charge in [0.25, 0.3) is 0 Å². The van der Waals surface area contributed by atoms with Gasteiger partial charge in [0, 0.05) is 43.0 Å². The number of hydrogen-bond acceptors (Lipinski definition) is 4. The van der Waals surface area contributed by atoms with E-state index in [-0.39, 0.29) is 6.04 Å². The number of piperazine rings is 1. The quantitative estimate of drug-likeness (QED) is 0.929. The van der Waals surface area contributed by atoms with Crippen molar-refractivity contribution in [2.24, 2.45) is 0 Å². The van der Waals surface area contributed by atoms with Crippen LogP contribution < -0.4 is 0 Å². The molecule has 2 aliphatic heterocycles. The molecular weight excluding hydrogens is 312 g/mol. The van der Waals surface area contributed by atoms with Crippen molar-refractivity contribution in [3.8, 4) is 0 Å². The molecule has 124 valence electrons. The molecule has 0 radical (unpaired) electrons. The smallest absolute Gasteiger partial charge is 0.245 e. The Morgan fingerprint density at radius 3 is 3.09 bits per heavy atom. The minimum absolute atomic E-state index is 0.0518. The molecule has 2 unspecified atom stereocenters. The zero-order chi connectivity index (χ0) is 16.0. The molecule has 7 heteroatoms. The summed E-state index contributed by atoms with van der Waals surface area (Å²) < 4.78 is 28.3. The molecule has 0 aliphatic carbocycles. The Labute approximate surface area is 136 Å². The van der Waals surface area contributed by atoms with E-state index in [1.165, 1.54) is 6.42 Å². The lowest BCUT2D eigenvalue weighted by molar-refractivity contribution is 0.106. The molecule has 4 rings (SSSR count). The van der Waals surface area contributed by atoms with E-state index in [1.54, 1.807) is 22.8 Å². The van der Waals surface area contributed by atoms with Crippen LogP contribution in [0.15, 0.2) is 29.4 Å². The van der Waals surface area contributed by atoms with Crippen LogP contribution in [0.5, 0.6) is 0 Å². The van der Waals surface area contributed by atoms with Crippen molar-refractivity contribution < 1.29 is 8.42 Å². The molecule has 6 nitrogen and oxygen atoms in total. The number of aromatic amines is 1. The maximum Gasteiger partial charge on any atom is 0.245 e. The van der Waals surface area contributed by atoms with Gasteiger partial charge in [-0.05, 0) is 37.9 Å². The van der Waals surface area contributed by atoms with Gasteiger partial charge in [0.15, 0.2) is 0 Å². The van der Waals surface area contributed by atoms with Gasteiger partial charge in [-0.2, -0.15) is 4.31 Å². The highest BCUT2D eigenvalue weighted by atomic mass is 32.2. The van der Waals surface area contributed by atoms with E-state index < -0.39 is 10.0 Å². The number of H-pyrrole nitrogens is 1. The molecule has 2 aromatic heterocycles. The second-order valence-electron chi connectivity index (χ2n) is 6.48. The lowest BCUT2D eigenvalue weighted by atomic mass is 10.1. The van der Waals surface area contributed by atoms with Crippen LogP contribution >= 0.6 is 0 Å². The topological polar surface area (TPSA) is 69.3 Å². The van der Waals surface area contributed by atoms with E-state index in [0.29, 0.717) is 28.5 Å². The fourth-order valence-corrected chi connectivity index (χ4v) is 5.84. The van der Waals surface area contributed by atoms with Crippen LogP contribution in [-0.2, 0) is 10.0 Å². The molecule has 2 atom stereocenters. The van der Waals surface area contributed by atoms with E-state index in [2.05, 4.69) is 21.8 Å². The summed E-state index contributed by atoms with van der Waals surface area (Å²) in [7, 11) is -3.51. The predicted octanol–water partition coefficient (Wildman–Crippen LogP) is 1.81. The first-order valence-electron chi connectivity index (χ1n) is 8.29. The van der Waals surface area contributed by atoms with E-state index >= 15 is 0 Å². The maximum absolute atomic E-state index is 13.3. The average molecular weight is 334 g/mol. The van der Waals surface area contributed by atoms with Crippen LogP contribution in [0.4, 0.5) is 0 Å². The number of nitrogens with one attached hydrogen (secondary N) is 1. The normalized spacial score (nSPS) is 26.7. The van der Waals surface area contributed by atoms with Gasteiger partial charge < -0.3 is 4.98 Å². The van der Waals surface area contributed by atoms with Crippen LogP contribution in [0, 0.1) is 0 Å². The highest BCUT2D eigenvalue weighted by Gasteiger charge is 2.42. The minimum atomic E-state index is -3.51. The summed E-state index contributed by atoms with van der Waals surface area (Å²) >= 11 is 0. The van der Waals surface area contributed by atoms with E-state index in [4.69, 9.17) is 0 Å². The van der Waals surface area contributed by atoms with Crippen molar-refractivity contribution in [1.29, 1.82) is 0 Å². The van der Waals surface area contributed by atoms with Crippen LogP contribution in [0.25, 0.3) is 11.0 Å². The number of hydrogen-bond donors (Lipinski definition) is 1. The third-order valence-electron chi connectivity index (χ3n) is 5.21. The molecule has 4 heterocycles. The van der Waals surface area contributed by atoms with Gasteiger partial charge in [-0.1, -0.05) is 6.92 Å². The Bertz CT molecular complexity index is 816. The van der Waals surface area contributed by atoms with Gasteiger partial charge in [-0.25, -0.2) is 13.4 Å². The first-order valence-corrected chi connectivity index (χ1v) is 9.73. The Balaban J connectivity index is 1.74. The maximum atomic E-state index is 13.3. The first-order chi connectivity index (χ1) is 11.1. The summed E-state index contributed by atoms with van der Waals surface area (Å²) in [6.45, 7) is 4.63. The third-order valence-corrected chi connectivity index (χ3v) is 7.17. The summed E-state index contributed by atoms with van der Waals surface area (Å²) in [5.41, 5.74) is 0.624. The summed E-state index contributed by atoms with van der Waals surface area (Å²) in [4.78, 5) is 10.00. The highest BCUT2D eigenvalue weighted by molar-refractivity contribution is 7.89. The molecule has 0 bridgehead atoms. The summed E-state index contributed by atoms with van der Waals surface area (Å²) in [6.07, 6.45) is 6.36. The fourth-order valence-electron chi connectivity index (χ4n) is 3.96. The zero-order valence-corrected chi connectivity index (χ0v) is 14.1. The summed E-state index contributed by atoms with van der Waals surface area (Å²) in [6, 6.07) is 4.02. The summed E-state index contributed by atoms with van der Waals surface area (Å²) in [5, 5.41) is 0.677. The molecule has 2 aliphatic rings. The SMILES string of the molecule is CCC1CN2CCCC2CN1S(=O)(=O)c1c[nH]c2ncccc12. The molecule has 0 aromatic carbocycles. The number of rotatable bonds is 3. The second-order valence-corrected chi connectivity index (χ2v) is 8.34. The van der Waals surface area contributed by atoms with Gasteiger partial charge in [0.2, 0.25) is 10.0 Å². The van der Waals surface area contributed by atoms with Crippen molar-refractivity contribution in [2.75, 3.05) is 19.6 Å². The molecule has 2 aromatic rings. The van der Waals surface area contributed by atoms with Crippen LogP contribution in [0.2, 0.25) is 0 Å². The molecule has 23 heavy (non-hydrogen) atoms. The van der Waals surface area contributed by atoms with Gasteiger partial charge in [0.05, 0.1) is 0 Å². The Kier molecular flexibility index (Phi) is 3.66. The van der Waals surface area contributed by atoms with E-state index in [9.17, 15) is 8.42 Å². The van der Waals surface area contributed by atoms with Gasteiger partial charge in [0.1, 0.15) is 10.5 Å². The van der Waals surface area contributed by atoms with Crippen molar-refractivity contribution in [1.82, 2.24) is 19.2 Å². The van der Waals surface area contributed by atoms with Crippen LogP contribution in [-0.4, -0.2) is 59.3 Å². The van der Waals surface area contributed by atoms with Crippen molar-refractivity contribution in [3.63, 3.8) is 0 Å². The molecule has 2 fully saturated rings. The predicted molar refractivity (Wildman–Crippen MR) is 88.7 cm³/mol. The standard InChI is InChI=1S/C16H22N4O2S/c1-2-12-10-19-8-4-5-13(19)11-20(12)23(21,22)15-9-18-16-14(15)6-3-7-17-16/h3,6-7,9,12-13H,2,4-5,8,10-11H2,1H3,(H,17,18). The van der Waals surface area contributed by atoms with E-state index in [0.717, 1.165) is 25.9 Å². The third kappa shape index (κ3) is 2.38. The number of nitrogens with zero attached hydrogens (tertiary/aromatic N) is 3. The van der Waals surface area contributed by atoms with Crippen molar-refractivity contribution in [3.05, 3.63) is 24.5 Å². The lowest BCUT2D eigenvalue weighted by Gasteiger charge is -2.42. The molecular formula is C16H22N4O2S. The molecule has 0 amide bonds. The van der Waals surface area contributed by atoms with Gasteiger partial charge in [-0.3, -0.25) is 4.90 Å². The largest absolute Gasteiger partial charge is 0.345 e. The molecule has 2 saturated heterocycles. The van der Waals surface area contributed by atoms with Gasteiger partial charge in [-0.15, -0.1) is 0 Å². The van der Waals surface area contributed by atoms with Crippen LogP contribution in [0.1, 0.15) is 26.2 Å². The van der Waals surface area contributed by atoms with Crippen LogP contribution in [0.3, 0.4) is 0 Å². The Morgan fingerprint density at radius 1 is 1.39 bits per heavy atom. The molecule has 1 N–H and O–H groups in total. The fraction of sp³-hybridized carbons (Fsp3) is 0.562. The Hall–Kier alpha value is -1.44. The lowest BCUT2D eigenvalue weighted by Crippen LogP contribution is -2.57. The summed E-state index contributed by atoms with van der Waals surface area (Å²) in [5.74, 6) is 0. The highest BCUT2D eigenvalue weighted by Crippen LogP contribution is 2.32. The first kappa shape index (κ1) is 15.1. The number of fused-ring (bicyclic) bond motifs is 2. The van der Waals surface area contributed by atoms with Gasteiger partial charge >= 0.3 is 0 Å². The number of aromatic nitrogens is 2. The average Bonchev–Trinajstić information content (AvgIpc) is 3.19. The zero-order valence-electron chi connectivity index (χ0n) is 13.3. The van der Waals surface area contributed by atoms with E-state index in [1.807, 2.05) is 6.07 Å². The second kappa shape index (κ2) is 5.58. The van der Waals surface area contributed by atoms with Crippen molar-refractivity contribution in [2.45, 2.75) is 43.2 Å². The molecule has 0 spiro atoms. The van der Waals surface area contributed by atoms with Crippen molar-refractivity contribution >= 4 is 21.1 Å². The number of sulfonamides is 1.